The summed E-state index contributed by atoms with van der Waals surface area (Å²) in [6.45, 7) is 10.0. The lowest BCUT2D eigenvalue weighted by atomic mass is 10.3. The van der Waals surface area contributed by atoms with E-state index in [1.807, 2.05) is 13.8 Å². The summed E-state index contributed by atoms with van der Waals surface area (Å²) in [5.74, 6) is 0. The number of non-ortho nitro benzene ring substituents is 1. The van der Waals surface area contributed by atoms with Crippen molar-refractivity contribution >= 4 is 5.69 Å². The first kappa shape index (κ1) is 13.9. The van der Waals surface area contributed by atoms with Gasteiger partial charge in [0, 0.05) is 12.1 Å². The van der Waals surface area contributed by atoms with E-state index >= 15 is 0 Å². The monoisotopic (exact) mass is 181 g/mol. The minimum atomic E-state index is -0.417. The predicted octanol–water partition coefficient (Wildman–Crippen LogP) is 3.42. The fourth-order valence-electron chi connectivity index (χ4n) is 0.550. The molecule has 72 valence electrons. The molecule has 0 aromatic heterocycles. The Balaban J connectivity index is 0. The van der Waals surface area contributed by atoms with E-state index in [1.54, 1.807) is 18.2 Å². The summed E-state index contributed by atoms with van der Waals surface area (Å²) >= 11 is 0. The molecule has 0 amide bonds. The van der Waals surface area contributed by atoms with Crippen LogP contribution < -0.4 is 0 Å². The SMILES string of the molecule is C=C.CC.O=[N+]([O-])c1ccccc1. The zero-order valence-electron chi connectivity index (χ0n) is 8.06. The lowest BCUT2D eigenvalue weighted by Gasteiger charge is -1.85. The standard InChI is InChI=1S/C6H5NO2.C2H6.C2H4/c8-7(9)6-4-2-1-3-5-6;2*1-2/h1-5H;1-2H3;1-2H2. The van der Waals surface area contributed by atoms with Gasteiger partial charge in [0.1, 0.15) is 0 Å². The fraction of sp³-hybridized carbons (Fsp3) is 0.200. The maximum absolute atomic E-state index is 10.0. The minimum absolute atomic E-state index is 0.137. The van der Waals surface area contributed by atoms with Crippen LogP contribution in [0.1, 0.15) is 13.8 Å². The Kier molecular flexibility index (Phi) is 11.1. The third-order valence-corrected chi connectivity index (χ3v) is 0.967. The normalized spacial score (nSPS) is 6.92. The van der Waals surface area contributed by atoms with E-state index in [4.69, 9.17) is 0 Å². The molecule has 0 radical (unpaired) electrons. The maximum Gasteiger partial charge on any atom is 0.269 e. The second kappa shape index (κ2) is 10.4. The Hall–Kier alpha value is -1.64. The number of hydrogen-bond donors (Lipinski definition) is 0. The predicted molar refractivity (Wildman–Crippen MR) is 55.7 cm³/mol. The largest absolute Gasteiger partial charge is 0.269 e. The summed E-state index contributed by atoms with van der Waals surface area (Å²) in [6.07, 6.45) is 0. The van der Waals surface area contributed by atoms with Gasteiger partial charge in [0.15, 0.2) is 0 Å². The van der Waals surface area contributed by atoms with E-state index in [2.05, 4.69) is 13.2 Å². The highest BCUT2D eigenvalue weighted by molar-refractivity contribution is 5.27. The van der Waals surface area contributed by atoms with Crippen LogP contribution in [0, 0.1) is 10.1 Å². The Morgan fingerprint density at radius 3 is 1.77 bits per heavy atom. The van der Waals surface area contributed by atoms with Gasteiger partial charge in [-0.2, -0.15) is 0 Å². The van der Waals surface area contributed by atoms with Crippen molar-refractivity contribution in [2.75, 3.05) is 0 Å². The molecule has 3 heteroatoms. The summed E-state index contributed by atoms with van der Waals surface area (Å²) in [4.78, 5) is 9.59. The first-order chi connectivity index (χ1) is 6.30. The molecule has 1 aromatic rings. The lowest BCUT2D eigenvalue weighted by Crippen LogP contribution is -1.84. The molecular weight excluding hydrogens is 166 g/mol. The topological polar surface area (TPSA) is 43.1 Å². The van der Waals surface area contributed by atoms with Gasteiger partial charge < -0.3 is 0 Å². The number of nitrogens with zero attached hydrogens (tertiary/aromatic N) is 1. The Labute approximate surface area is 78.9 Å². The van der Waals surface area contributed by atoms with E-state index in [0.717, 1.165) is 0 Å². The molecule has 0 aliphatic rings. The van der Waals surface area contributed by atoms with Crippen molar-refractivity contribution < 1.29 is 4.92 Å². The van der Waals surface area contributed by atoms with Crippen molar-refractivity contribution in [3.63, 3.8) is 0 Å². The van der Waals surface area contributed by atoms with Gasteiger partial charge >= 0.3 is 0 Å². The van der Waals surface area contributed by atoms with Crippen LogP contribution in [0.25, 0.3) is 0 Å². The number of nitro groups is 1. The molecule has 0 heterocycles. The average Bonchev–Trinajstić information content (AvgIpc) is 2.25. The first-order valence-electron chi connectivity index (χ1n) is 4.00. The maximum atomic E-state index is 10.0. The number of hydrogen-bond acceptors (Lipinski definition) is 2. The van der Waals surface area contributed by atoms with Crippen molar-refractivity contribution in [2.24, 2.45) is 0 Å². The van der Waals surface area contributed by atoms with E-state index in [1.165, 1.54) is 12.1 Å². The first-order valence-corrected chi connectivity index (χ1v) is 4.00. The zero-order valence-corrected chi connectivity index (χ0v) is 8.06. The van der Waals surface area contributed by atoms with E-state index in [-0.39, 0.29) is 5.69 Å². The summed E-state index contributed by atoms with van der Waals surface area (Å²) in [7, 11) is 0. The Morgan fingerprint density at radius 1 is 1.15 bits per heavy atom. The van der Waals surface area contributed by atoms with Crippen LogP contribution in [-0.4, -0.2) is 4.92 Å². The van der Waals surface area contributed by atoms with Crippen molar-refractivity contribution in [1.82, 2.24) is 0 Å². The van der Waals surface area contributed by atoms with Crippen LogP contribution >= 0.6 is 0 Å². The van der Waals surface area contributed by atoms with Gasteiger partial charge in [-0.15, -0.1) is 13.2 Å². The smallest absolute Gasteiger partial charge is 0.258 e. The van der Waals surface area contributed by atoms with Crippen LogP contribution in [0.3, 0.4) is 0 Å². The molecule has 0 atom stereocenters. The van der Waals surface area contributed by atoms with Gasteiger partial charge in [-0.3, -0.25) is 10.1 Å². The quantitative estimate of drug-likeness (QED) is 0.378. The zero-order chi connectivity index (χ0) is 10.7. The third-order valence-electron chi connectivity index (χ3n) is 0.967. The molecule has 0 N–H and O–H groups in total. The highest BCUT2D eigenvalue weighted by Crippen LogP contribution is 2.06. The summed E-state index contributed by atoms with van der Waals surface area (Å²) < 4.78 is 0. The van der Waals surface area contributed by atoms with E-state index in [0.29, 0.717) is 0 Å². The van der Waals surface area contributed by atoms with Crippen LogP contribution in [0.15, 0.2) is 43.5 Å². The van der Waals surface area contributed by atoms with Gasteiger partial charge in [-0.25, -0.2) is 0 Å². The molecule has 0 aliphatic heterocycles. The van der Waals surface area contributed by atoms with Crippen molar-refractivity contribution in [2.45, 2.75) is 13.8 Å². The second-order valence-corrected chi connectivity index (χ2v) is 1.59. The summed E-state index contributed by atoms with van der Waals surface area (Å²) in [6, 6.07) is 7.93. The fourth-order valence-corrected chi connectivity index (χ4v) is 0.550. The number of nitro benzene ring substituents is 1. The summed E-state index contributed by atoms with van der Waals surface area (Å²) in [5.41, 5.74) is 0.137. The van der Waals surface area contributed by atoms with Crippen LogP contribution in [0.2, 0.25) is 0 Å². The lowest BCUT2D eigenvalue weighted by molar-refractivity contribution is -0.384. The van der Waals surface area contributed by atoms with E-state index < -0.39 is 4.92 Å². The minimum Gasteiger partial charge on any atom is -0.258 e. The molecule has 1 rings (SSSR count). The number of para-hydroxylation sites is 1. The van der Waals surface area contributed by atoms with E-state index in [9.17, 15) is 10.1 Å². The second-order valence-electron chi connectivity index (χ2n) is 1.59. The molecule has 3 nitrogen and oxygen atoms in total. The Bertz CT molecular complexity index is 222. The molecule has 13 heavy (non-hydrogen) atoms. The molecule has 0 saturated heterocycles. The van der Waals surface area contributed by atoms with Crippen molar-refractivity contribution in [1.29, 1.82) is 0 Å². The number of benzene rings is 1. The van der Waals surface area contributed by atoms with Gasteiger partial charge in [0.25, 0.3) is 5.69 Å². The van der Waals surface area contributed by atoms with Crippen molar-refractivity contribution in [3.8, 4) is 0 Å². The highest BCUT2D eigenvalue weighted by atomic mass is 16.6. The molecule has 0 fully saturated rings. The van der Waals surface area contributed by atoms with Crippen molar-refractivity contribution in [3.05, 3.63) is 53.6 Å². The molecule has 0 unspecified atom stereocenters. The van der Waals surface area contributed by atoms with Gasteiger partial charge in [-0.1, -0.05) is 32.0 Å². The van der Waals surface area contributed by atoms with Gasteiger partial charge in [0.05, 0.1) is 4.92 Å². The molecule has 1 aromatic carbocycles. The molecular formula is C10H15NO2. The molecule has 0 bridgehead atoms. The van der Waals surface area contributed by atoms with Crippen LogP contribution in [-0.2, 0) is 0 Å². The third kappa shape index (κ3) is 6.75. The van der Waals surface area contributed by atoms with Gasteiger partial charge in [0.2, 0.25) is 0 Å². The molecule has 0 saturated carbocycles. The summed E-state index contributed by atoms with van der Waals surface area (Å²) in [5, 5.41) is 10.0. The molecule has 0 spiro atoms. The number of rotatable bonds is 1. The van der Waals surface area contributed by atoms with Crippen LogP contribution in [0.5, 0.6) is 0 Å². The molecule has 0 aliphatic carbocycles. The van der Waals surface area contributed by atoms with Gasteiger partial charge in [-0.05, 0) is 0 Å². The van der Waals surface area contributed by atoms with Crippen LogP contribution in [0.4, 0.5) is 5.69 Å². The average molecular weight is 181 g/mol. The Morgan fingerprint density at radius 2 is 1.54 bits per heavy atom. The highest BCUT2D eigenvalue weighted by Gasteiger charge is 1.98.